The molecule has 1 aliphatic rings. The lowest BCUT2D eigenvalue weighted by molar-refractivity contribution is 0.369. The molecule has 0 saturated carbocycles. The number of aryl methyl sites for hydroxylation is 3. The predicted molar refractivity (Wildman–Crippen MR) is 90.6 cm³/mol. The molecule has 1 aromatic heterocycles. The molecule has 8 heteroatoms. The Morgan fingerprint density at radius 3 is 2.38 bits per heavy atom. The highest BCUT2D eigenvalue weighted by Crippen LogP contribution is 2.22. The summed E-state index contributed by atoms with van der Waals surface area (Å²) >= 11 is 0. The van der Waals surface area contributed by atoms with Crippen LogP contribution in [0.4, 0.5) is 6.01 Å². The molecule has 1 saturated heterocycles. The van der Waals surface area contributed by atoms with Crippen molar-refractivity contribution in [2.75, 3.05) is 31.1 Å². The molecule has 0 atom stereocenters. The van der Waals surface area contributed by atoms with Crippen LogP contribution in [0.2, 0.25) is 0 Å². The number of nitrogens with zero attached hydrogens (tertiary/aromatic N) is 4. The lowest BCUT2D eigenvalue weighted by atomic mass is 10.1. The first-order chi connectivity index (χ1) is 11.4. The first-order valence-corrected chi connectivity index (χ1v) is 9.50. The average Bonchev–Trinajstić information content (AvgIpc) is 3.06. The molecule has 3 rings (SSSR count). The van der Waals surface area contributed by atoms with E-state index in [1.165, 1.54) is 4.31 Å². The van der Waals surface area contributed by atoms with Gasteiger partial charge in [0.05, 0.1) is 4.90 Å². The van der Waals surface area contributed by atoms with Crippen molar-refractivity contribution in [3.8, 4) is 0 Å². The van der Waals surface area contributed by atoms with Crippen molar-refractivity contribution in [2.45, 2.75) is 32.1 Å². The lowest BCUT2D eigenvalue weighted by Crippen LogP contribution is -2.48. The highest BCUT2D eigenvalue weighted by molar-refractivity contribution is 7.89. The minimum Gasteiger partial charge on any atom is -0.408 e. The Hall–Kier alpha value is -1.93. The molecule has 0 spiro atoms. The minimum absolute atomic E-state index is 0.352. The zero-order valence-electron chi connectivity index (χ0n) is 14.2. The third kappa shape index (κ3) is 3.16. The number of aromatic nitrogens is 2. The Morgan fingerprint density at radius 1 is 1.08 bits per heavy atom. The summed E-state index contributed by atoms with van der Waals surface area (Å²) < 4.78 is 32.7. The van der Waals surface area contributed by atoms with Crippen LogP contribution in [0.1, 0.15) is 23.9 Å². The van der Waals surface area contributed by atoms with E-state index < -0.39 is 10.0 Å². The van der Waals surface area contributed by atoms with Crippen LogP contribution in [-0.2, 0) is 16.4 Å². The highest BCUT2D eigenvalue weighted by Gasteiger charge is 2.30. The second-order valence-corrected chi connectivity index (χ2v) is 7.91. The number of benzene rings is 1. The van der Waals surface area contributed by atoms with Crippen LogP contribution in [0.25, 0.3) is 0 Å². The van der Waals surface area contributed by atoms with E-state index in [0.717, 1.165) is 11.1 Å². The Balaban J connectivity index is 1.72. The predicted octanol–water partition coefficient (Wildman–Crippen LogP) is 1.76. The van der Waals surface area contributed by atoms with Gasteiger partial charge in [0.2, 0.25) is 15.9 Å². The van der Waals surface area contributed by atoms with Gasteiger partial charge in [0.25, 0.3) is 0 Å². The maximum absolute atomic E-state index is 12.8. The fourth-order valence-electron chi connectivity index (χ4n) is 2.66. The number of hydrogen-bond donors (Lipinski definition) is 0. The van der Waals surface area contributed by atoms with Gasteiger partial charge in [0.1, 0.15) is 0 Å². The largest absolute Gasteiger partial charge is 0.408 e. The molecule has 1 aromatic carbocycles. The number of piperazine rings is 1. The standard InChI is InChI=1S/C16H22N4O3S/c1-4-15-17-18-16(23-15)19-7-9-20(10-8-19)24(21,22)14-6-5-12(2)13(3)11-14/h5-6,11H,4,7-10H2,1-3H3. The molecule has 0 radical (unpaired) electrons. The third-order valence-electron chi connectivity index (χ3n) is 4.38. The van der Waals surface area contributed by atoms with E-state index in [1.807, 2.05) is 31.7 Å². The van der Waals surface area contributed by atoms with Gasteiger partial charge in [-0.3, -0.25) is 0 Å². The van der Waals surface area contributed by atoms with Crippen LogP contribution < -0.4 is 4.90 Å². The van der Waals surface area contributed by atoms with E-state index in [-0.39, 0.29) is 0 Å². The first-order valence-electron chi connectivity index (χ1n) is 8.06. The van der Waals surface area contributed by atoms with Crippen LogP contribution in [0.3, 0.4) is 0 Å². The van der Waals surface area contributed by atoms with Crippen molar-refractivity contribution in [3.05, 3.63) is 35.2 Å². The van der Waals surface area contributed by atoms with Gasteiger partial charge < -0.3 is 9.32 Å². The normalized spacial score (nSPS) is 16.5. The second-order valence-electron chi connectivity index (χ2n) is 5.97. The second kappa shape index (κ2) is 6.52. The fraction of sp³-hybridized carbons (Fsp3) is 0.500. The van der Waals surface area contributed by atoms with Crippen molar-refractivity contribution in [1.29, 1.82) is 0 Å². The van der Waals surface area contributed by atoms with E-state index in [1.54, 1.807) is 12.1 Å². The van der Waals surface area contributed by atoms with Gasteiger partial charge in [0, 0.05) is 32.6 Å². The summed E-state index contributed by atoms with van der Waals surface area (Å²) in [7, 11) is -3.47. The summed E-state index contributed by atoms with van der Waals surface area (Å²) in [6.45, 7) is 7.72. The topological polar surface area (TPSA) is 79.5 Å². The van der Waals surface area contributed by atoms with Crippen LogP contribution in [0.5, 0.6) is 0 Å². The number of rotatable bonds is 4. The van der Waals surface area contributed by atoms with Crippen LogP contribution in [-0.4, -0.2) is 49.1 Å². The molecular weight excluding hydrogens is 328 g/mol. The monoisotopic (exact) mass is 350 g/mol. The summed E-state index contributed by atoms with van der Waals surface area (Å²) in [6.07, 6.45) is 0.689. The molecule has 0 bridgehead atoms. The quantitative estimate of drug-likeness (QED) is 0.836. The van der Waals surface area contributed by atoms with Gasteiger partial charge in [-0.15, -0.1) is 5.10 Å². The summed E-state index contributed by atoms with van der Waals surface area (Å²) in [6, 6.07) is 5.73. The van der Waals surface area contributed by atoms with E-state index in [0.29, 0.717) is 49.4 Å². The molecule has 0 N–H and O–H groups in total. The molecule has 7 nitrogen and oxygen atoms in total. The van der Waals surface area contributed by atoms with Gasteiger partial charge in [-0.05, 0) is 37.1 Å². The zero-order chi connectivity index (χ0) is 17.3. The molecule has 1 fully saturated rings. The van der Waals surface area contributed by atoms with Gasteiger partial charge >= 0.3 is 6.01 Å². The van der Waals surface area contributed by atoms with Crippen molar-refractivity contribution in [3.63, 3.8) is 0 Å². The molecule has 130 valence electrons. The van der Waals surface area contributed by atoms with E-state index in [4.69, 9.17) is 4.42 Å². The SMILES string of the molecule is CCc1nnc(N2CCN(S(=O)(=O)c3ccc(C)c(C)c3)CC2)o1. The van der Waals surface area contributed by atoms with Gasteiger partial charge in [-0.2, -0.15) is 4.31 Å². The van der Waals surface area contributed by atoms with Crippen LogP contribution >= 0.6 is 0 Å². The molecular formula is C16H22N4O3S. The Labute approximate surface area is 142 Å². The third-order valence-corrected chi connectivity index (χ3v) is 6.28. The zero-order valence-corrected chi connectivity index (χ0v) is 15.0. The van der Waals surface area contributed by atoms with E-state index in [2.05, 4.69) is 10.2 Å². The summed E-state index contributed by atoms with van der Waals surface area (Å²) in [5.41, 5.74) is 2.06. The number of sulfonamides is 1. The Morgan fingerprint density at radius 2 is 1.79 bits per heavy atom. The van der Waals surface area contributed by atoms with Crippen molar-refractivity contribution < 1.29 is 12.8 Å². The molecule has 1 aliphatic heterocycles. The maximum Gasteiger partial charge on any atom is 0.318 e. The molecule has 2 aromatic rings. The van der Waals surface area contributed by atoms with Crippen molar-refractivity contribution >= 4 is 16.0 Å². The smallest absolute Gasteiger partial charge is 0.318 e. The van der Waals surface area contributed by atoms with E-state index >= 15 is 0 Å². The summed E-state index contributed by atoms with van der Waals surface area (Å²) in [5, 5.41) is 7.97. The van der Waals surface area contributed by atoms with Gasteiger partial charge in [0.15, 0.2) is 0 Å². The van der Waals surface area contributed by atoms with Crippen LogP contribution in [0.15, 0.2) is 27.5 Å². The summed E-state index contributed by atoms with van der Waals surface area (Å²) in [4.78, 5) is 2.28. The lowest BCUT2D eigenvalue weighted by Gasteiger charge is -2.32. The summed E-state index contributed by atoms with van der Waals surface area (Å²) in [5.74, 6) is 0.593. The Bertz CT molecular complexity index is 824. The molecule has 0 aliphatic carbocycles. The number of hydrogen-bond acceptors (Lipinski definition) is 6. The van der Waals surface area contributed by atoms with Gasteiger partial charge in [-0.1, -0.05) is 18.1 Å². The molecule has 24 heavy (non-hydrogen) atoms. The number of anilines is 1. The van der Waals surface area contributed by atoms with E-state index in [9.17, 15) is 8.42 Å². The van der Waals surface area contributed by atoms with Crippen LogP contribution in [0, 0.1) is 13.8 Å². The minimum atomic E-state index is -3.47. The first kappa shape index (κ1) is 16.9. The highest BCUT2D eigenvalue weighted by atomic mass is 32.2. The fourth-order valence-corrected chi connectivity index (χ4v) is 4.17. The molecule has 0 unspecified atom stereocenters. The Kier molecular flexibility index (Phi) is 4.60. The molecule has 2 heterocycles. The maximum atomic E-state index is 12.8. The van der Waals surface area contributed by atoms with Crippen molar-refractivity contribution in [1.82, 2.24) is 14.5 Å². The average molecular weight is 350 g/mol. The molecule has 0 amide bonds. The van der Waals surface area contributed by atoms with Crippen molar-refractivity contribution in [2.24, 2.45) is 0 Å². The van der Waals surface area contributed by atoms with Gasteiger partial charge in [-0.25, -0.2) is 8.42 Å².